The van der Waals surface area contributed by atoms with Crippen molar-refractivity contribution < 1.29 is 4.52 Å². The van der Waals surface area contributed by atoms with Crippen molar-refractivity contribution >= 4 is 15.9 Å². The van der Waals surface area contributed by atoms with Crippen LogP contribution in [0.25, 0.3) is 11.5 Å². The SMILES string of the molecule is CC1CCC(N)(c2noc(-c3cncc(Br)c3)n2)CC1. The highest BCUT2D eigenvalue weighted by Gasteiger charge is 2.36. The molecule has 0 saturated heterocycles. The lowest BCUT2D eigenvalue weighted by atomic mass is 9.77. The minimum absolute atomic E-state index is 0.451. The summed E-state index contributed by atoms with van der Waals surface area (Å²) in [5, 5.41) is 4.09. The van der Waals surface area contributed by atoms with Crippen LogP contribution in [0.1, 0.15) is 38.4 Å². The highest BCUT2D eigenvalue weighted by molar-refractivity contribution is 9.10. The highest BCUT2D eigenvalue weighted by Crippen LogP contribution is 2.36. The predicted octanol–water partition coefficient (Wildman–Crippen LogP) is 3.26. The average Bonchev–Trinajstić information content (AvgIpc) is 2.93. The van der Waals surface area contributed by atoms with Gasteiger partial charge in [0, 0.05) is 16.9 Å². The molecule has 106 valence electrons. The maximum Gasteiger partial charge on any atom is 0.259 e. The van der Waals surface area contributed by atoms with Crippen LogP contribution in [0.3, 0.4) is 0 Å². The molecule has 0 amide bonds. The summed E-state index contributed by atoms with van der Waals surface area (Å²) in [4.78, 5) is 8.58. The summed E-state index contributed by atoms with van der Waals surface area (Å²) in [6, 6.07) is 1.90. The topological polar surface area (TPSA) is 77.8 Å². The van der Waals surface area contributed by atoms with Crippen molar-refractivity contribution in [3.05, 3.63) is 28.8 Å². The predicted molar refractivity (Wildman–Crippen MR) is 78.7 cm³/mol. The van der Waals surface area contributed by atoms with E-state index in [9.17, 15) is 0 Å². The Morgan fingerprint density at radius 3 is 2.80 bits per heavy atom. The second kappa shape index (κ2) is 5.26. The molecule has 5 nitrogen and oxygen atoms in total. The Kier molecular flexibility index (Phi) is 3.60. The van der Waals surface area contributed by atoms with Gasteiger partial charge in [0.1, 0.15) is 0 Å². The van der Waals surface area contributed by atoms with E-state index in [2.05, 4.69) is 38.0 Å². The van der Waals surface area contributed by atoms with Crippen LogP contribution in [0, 0.1) is 5.92 Å². The molecule has 1 aliphatic rings. The minimum atomic E-state index is -0.451. The van der Waals surface area contributed by atoms with Crippen molar-refractivity contribution in [3.63, 3.8) is 0 Å². The van der Waals surface area contributed by atoms with Gasteiger partial charge in [-0.15, -0.1) is 0 Å². The van der Waals surface area contributed by atoms with E-state index in [-0.39, 0.29) is 0 Å². The smallest absolute Gasteiger partial charge is 0.259 e. The largest absolute Gasteiger partial charge is 0.334 e. The van der Waals surface area contributed by atoms with E-state index in [1.165, 1.54) is 0 Å². The summed E-state index contributed by atoms with van der Waals surface area (Å²) < 4.78 is 6.23. The Morgan fingerprint density at radius 2 is 2.10 bits per heavy atom. The van der Waals surface area contributed by atoms with Gasteiger partial charge < -0.3 is 10.3 Å². The van der Waals surface area contributed by atoms with Crippen molar-refractivity contribution in [1.82, 2.24) is 15.1 Å². The molecular formula is C14H17BrN4O. The number of aromatic nitrogens is 3. The summed E-state index contributed by atoms with van der Waals surface area (Å²) in [7, 11) is 0. The van der Waals surface area contributed by atoms with E-state index < -0.39 is 5.54 Å². The van der Waals surface area contributed by atoms with E-state index in [1.807, 2.05) is 6.07 Å². The molecule has 20 heavy (non-hydrogen) atoms. The molecule has 0 aliphatic heterocycles. The van der Waals surface area contributed by atoms with Gasteiger partial charge in [0.2, 0.25) is 0 Å². The number of hydrogen-bond donors (Lipinski definition) is 1. The van der Waals surface area contributed by atoms with Crippen LogP contribution in [0.4, 0.5) is 0 Å². The van der Waals surface area contributed by atoms with E-state index in [4.69, 9.17) is 10.3 Å². The third-order valence-electron chi connectivity index (χ3n) is 3.99. The average molecular weight is 337 g/mol. The highest BCUT2D eigenvalue weighted by atomic mass is 79.9. The van der Waals surface area contributed by atoms with E-state index in [0.29, 0.717) is 11.7 Å². The van der Waals surface area contributed by atoms with Gasteiger partial charge in [-0.1, -0.05) is 12.1 Å². The van der Waals surface area contributed by atoms with Crippen LogP contribution in [-0.4, -0.2) is 15.1 Å². The first-order valence-electron chi connectivity index (χ1n) is 6.81. The van der Waals surface area contributed by atoms with Gasteiger partial charge in [0.15, 0.2) is 5.82 Å². The molecule has 2 aromatic heterocycles. The van der Waals surface area contributed by atoms with Gasteiger partial charge in [-0.3, -0.25) is 4.98 Å². The van der Waals surface area contributed by atoms with E-state index in [1.54, 1.807) is 12.4 Å². The molecule has 1 fully saturated rings. The fourth-order valence-electron chi connectivity index (χ4n) is 2.57. The first-order valence-corrected chi connectivity index (χ1v) is 7.60. The molecular weight excluding hydrogens is 320 g/mol. The third-order valence-corrected chi connectivity index (χ3v) is 4.42. The first-order chi connectivity index (χ1) is 9.57. The normalized spacial score (nSPS) is 26.6. The molecule has 0 spiro atoms. The lowest BCUT2D eigenvalue weighted by Crippen LogP contribution is -2.41. The maximum atomic E-state index is 6.45. The maximum absolute atomic E-state index is 6.45. The van der Waals surface area contributed by atoms with Gasteiger partial charge in [-0.05, 0) is 53.6 Å². The van der Waals surface area contributed by atoms with E-state index in [0.717, 1.165) is 41.6 Å². The number of halogens is 1. The van der Waals surface area contributed by atoms with Gasteiger partial charge in [0.25, 0.3) is 5.89 Å². The number of nitrogens with two attached hydrogens (primary N) is 1. The zero-order chi connectivity index (χ0) is 14.2. The second-order valence-electron chi connectivity index (χ2n) is 5.65. The molecule has 0 bridgehead atoms. The Morgan fingerprint density at radius 1 is 1.35 bits per heavy atom. The Hall–Kier alpha value is -1.27. The molecule has 2 heterocycles. The Balaban J connectivity index is 1.87. The van der Waals surface area contributed by atoms with Gasteiger partial charge >= 0.3 is 0 Å². The molecule has 0 radical (unpaired) electrons. The molecule has 3 rings (SSSR count). The number of nitrogens with zero attached hydrogens (tertiary/aromatic N) is 3. The van der Waals surface area contributed by atoms with Gasteiger partial charge in [-0.2, -0.15) is 4.98 Å². The summed E-state index contributed by atoms with van der Waals surface area (Å²) in [6.07, 6.45) is 7.45. The minimum Gasteiger partial charge on any atom is -0.334 e. The molecule has 2 N–H and O–H groups in total. The quantitative estimate of drug-likeness (QED) is 0.910. The second-order valence-corrected chi connectivity index (χ2v) is 6.57. The Bertz CT molecular complexity index is 605. The number of hydrogen-bond acceptors (Lipinski definition) is 5. The summed E-state index contributed by atoms with van der Waals surface area (Å²) >= 11 is 3.38. The summed E-state index contributed by atoms with van der Waals surface area (Å²) in [5.41, 5.74) is 6.80. The fraction of sp³-hybridized carbons (Fsp3) is 0.500. The summed E-state index contributed by atoms with van der Waals surface area (Å²) in [5.74, 6) is 1.81. The van der Waals surface area contributed by atoms with Crippen LogP contribution < -0.4 is 5.73 Å². The molecule has 0 atom stereocenters. The van der Waals surface area contributed by atoms with Crippen molar-refractivity contribution in [2.24, 2.45) is 11.7 Å². The molecule has 2 aromatic rings. The molecule has 0 unspecified atom stereocenters. The monoisotopic (exact) mass is 336 g/mol. The van der Waals surface area contributed by atoms with Crippen LogP contribution >= 0.6 is 15.9 Å². The number of rotatable bonds is 2. The van der Waals surface area contributed by atoms with Crippen LogP contribution in [0.2, 0.25) is 0 Å². The van der Waals surface area contributed by atoms with Crippen LogP contribution in [-0.2, 0) is 5.54 Å². The van der Waals surface area contributed by atoms with Gasteiger partial charge in [-0.25, -0.2) is 0 Å². The molecule has 1 saturated carbocycles. The Labute approximate surface area is 126 Å². The summed E-state index contributed by atoms with van der Waals surface area (Å²) in [6.45, 7) is 2.26. The van der Waals surface area contributed by atoms with E-state index >= 15 is 0 Å². The van der Waals surface area contributed by atoms with Crippen molar-refractivity contribution in [2.75, 3.05) is 0 Å². The fourth-order valence-corrected chi connectivity index (χ4v) is 2.94. The molecule has 1 aliphatic carbocycles. The van der Waals surface area contributed by atoms with Gasteiger partial charge in [0.05, 0.1) is 11.1 Å². The van der Waals surface area contributed by atoms with Crippen molar-refractivity contribution in [1.29, 1.82) is 0 Å². The zero-order valence-corrected chi connectivity index (χ0v) is 12.9. The molecule has 6 heteroatoms. The molecule has 0 aromatic carbocycles. The zero-order valence-electron chi connectivity index (χ0n) is 11.3. The first kappa shape index (κ1) is 13.7. The third kappa shape index (κ3) is 2.62. The lowest BCUT2D eigenvalue weighted by Gasteiger charge is -2.33. The lowest BCUT2D eigenvalue weighted by molar-refractivity contribution is 0.230. The van der Waals surface area contributed by atoms with Crippen LogP contribution in [0.5, 0.6) is 0 Å². The van der Waals surface area contributed by atoms with Crippen molar-refractivity contribution in [3.8, 4) is 11.5 Å². The standard InChI is InChI=1S/C14H17BrN4O/c1-9-2-4-14(16,5-3-9)13-18-12(20-19-13)10-6-11(15)8-17-7-10/h6-9H,2-5,16H2,1H3. The van der Waals surface area contributed by atoms with Crippen LogP contribution in [0.15, 0.2) is 27.5 Å². The van der Waals surface area contributed by atoms with Crippen molar-refractivity contribution in [2.45, 2.75) is 38.1 Å². The number of pyridine rings is 1.